The first-order chi connectivity index (χ1) is 29.7. The van der Waals surface area contributed by atoms with Gasteiger partial charge in [0.25, 0.3) is 11.8 Å². The van der Waals surface area contributed by atoms with E-state index in [2.05, 4.69) is 67.8 Å². The molecule has 10 amide bonds. The highest BCUT2D eigenvalue weighted by Gasteiger charge is 2.30. The number of amides is 10. The Labute approximate surface area is 350 Å². The number of hydrogen-bond donors (Lipinski definition) is 11. The largest absolute Gasteiger partial charge is 0.368 e. The van der Waals surface area contributed by atoms with Gasteiger partial charge >= 0.3 is 0 Å². The number of nitrogens with two attached hydrogens (primary N) is 2. The minimum absolute atomic E-state index is 0.124. The van der Waals surface area contributed by atoms with Gasteiger partial charge in [0.1, 0.15) is 35.6 Å². The molecule has 13 N–H and O–H groups in total. The summed E-state index contributed by atoms with van der Waals surface area (Å²) in [5, 5.41) is 20.8. The SMILES string of the molecule is NCC1NC(=O)C[C@@H](C(N)=O)NC(=O)C(CNC(=O)c2cnc3ccccc3n2)NC(=O)CNC(=O)C(CNC(=O)c2cnc3ccccc3n2)NC(=O)CNC(=O)CNC1=O. The molecule has 324 valence electrons. The van der Waals surface area contributed by atoms with Crippen molar-refractivity contribution < 1.29 is 47.9 Å². The Bertz CT molecular complexity index is 2410. The van der Waals surface area contributed by atoms with Gasteiger partial charge in [-0.3, -0.25) is 57.9 Å². The minimum Gasteiger partial charge on any atom is -0.368 e. The van der Waals surface area contributed by atoms with Crippen molar-refractivity contribution in [2.45, 2.75) is 30.6 Å². The average molecular weight is 856 g/mol. The van der Waals surface area contributed by atoms with Crippen LogP contribution in [0.2, 0.25) is 0 Å². The number of carbonyl (C=O) groups is 10. The van der Waals surface area contributed by atoms with Gasteiger partial charge in [-0.05, 0) is 24.3 Å². The van der Waals surface area contributed by atoms with Crippen LogP contribution in [0.1, 0.15) is 27.4 Å². The number of carbonyl (C=O) groups excluding carboxylic acids is 10. The number of benzene rings is 2. The Morgan fingerprint density at radius 1 is 0.565 bits per heavy atom. The molecule has 4 aromatic rings. The zero-order chi connectivity index (χ0) is 44.8. The van der Waals surface area contributed by atoms with E-state index < -0.39 is 129 Å². The van der Waals surface area contributed by atoms with Crippen LogP contribution in [0.4, 0.5) is 0 Å². The molecule has 2 aromatic heterocycles. The van der Waals surface area contributed by atoms with Crippen LogP contribution in [0.3, 0.4) is 0 Å². The van der Waals surface area contributed by atoms with Gasteiger partial charge in [0.15, 0.2) is 0 Å². The highest BCUT2D eigenvalue weighted by Crippen LogP contribution is 2.10. The number of primary amides is 1. The summed E-state index contributed by atoms with van der Waals surface area (Å²) >= 11 is 0. The van der Waals surface area contributed by atoms with Crippen LogP contribution < -0.4 is 59.3 Å². The Morgan fingerprint density at radius 2 is 1.00 bits per heavy atom. The van der Waals surface area contributed by atoms with Crippen LogP contribution in [0, 0.1) is 0 Å². The first kappa shape index (κ1) is 44.9. The molecule has 0 aliphatic carbocycles. The van der Waals surface area contributed by atoms with E-state index in [9.17, 15) is 47.9 Å². The molecule has 1 saturated heterocycles. The third-order valence-corrected chi connectivity index (χ3v) is 8.83. The summed E-state index contributed by atoms with van der Waals surface area (Å²) in [5.41, 5.74) is 12.6. The molecule has 0 saturated carbocycles. The Morgan fingerprint density at radius 3 is 1.50 bits per heavy atom. The molecule has 2 aromatic carbocycles. The zero-order valence-electron chi connectivity index (χ0n) is 32.6. The summed E-state index contributed by atoms with van der Waals surface area (Å²) < 4.78 is 0. The monoisotopic (exact) mass is 855 g/mol. The van der Waals surface area contributed by atoms with E-state index in [-0.39, 0.29) is 11.4 Å². The smallest absolute Gasteiger partial charge is 0.271 e. The fraction of sp³-hybridized carbons (Fsp3) is 0.297. The van der Waals surface area contributed by atoms with Gasteiger partial charge in [0.05, 0.1) is 60.5 Å². The topological polar surface area (TPSA) is 383 Å². The van der Waals surface area contributed by atoms with E-state index in [1.54, 1.807) is 48.5 Å². The van der Waals surface area contributed by atoms with E-state index in [4.69, 9.17) is 11.5 Å². The fourth-order valence-corrected chi connectivity index (χ4v) is 5.60. The lowest BCUT2D eigenvalue weighted by Crippen LogP contribution is -2.59. The lowest BCUT2D eigenvalue weighted by Gasteiger charge is -2.23. The van der Waals surface area contributed by atoms with E-state index in [1.807, 2.05) is 0 Å². The second-order valence-corrected chi connectivity index (χ2v) is 13.4. The fourth-order valence-electron chi connectivity index (χ4n) is 5.60. The van der Waals surface area contributed by atoms with Crippen molar-refractivity contribution in [2.75, 3.05) is 39.3 Å². The maximum atomic E-state index is 13.6. The van der Waals surface area contributed by atoms with Gasteiger partial charge in [-0.15, -0.1) is 0 Å². The number of aromatic nitrogens is 4. The lowest BCUT2D eigenvalue weighted by molar-refractivity contribution is -0.134. The van der Waals surface area contributed by atoms with Crippen LogP contribution >= 0.6 is 0 Å². The molecule has 5 rings (SSSR count). The third kappa shape index (κ3) is 12.6. The number of hydrogen-bond acceptors (Lipinski definition) is 15. The molecule has 25 nitrogen and oxygen atoms in total. The number of nitrogens with one attached hydrogen (secondary N) is 9. The Kier molecular flexibility index (Phi) is 15.3. The summed E-state index contributed by atoms with van der Waals surface area (Å²) in [4.78, 5) is 147. The van der Waals surface area contributed by atoms with Crippen LogP contribution in [0.15, 0.2) is 60.9 Å². The molecular weight excluding hydrogens is 815 g/mol. The van der Waals surface area contributed by atoms with Crippen molar-refractivity contribution in [1.29, 1.82) is 0 Å². The summed E-state index contributed by atoms with van der Waals surface area (Å²) in [6, 6.07) is 6.98. The molecule has 0 radical (unpaired) electrons. The van der Waals surface area contributed by atoms with Crippen LogP contribution in [-0.4, -0.2) is 142 Å². The summed E-state index contributed by atoms with van der Waals surface area (Å²) in [6.07, 6.45) is 1.56. The van der Waals surface area contributed by atoms with Crippen LogP contribution in [0.5, 0.6) is 0 Å². The number of para-hydroxylation sites is 4. The second kappa shape index (κ2) is 21.2. The van der Waals surface area contributed by atoms with Gasteiger partial charge in [-0.2, -0.15) is 0 Å². The number of rotatable bonds is 8. The van der Waals surface area contributed by atoms with E-state index >= 15 is 0 Å². The molecule has 62 heavy (non-hydrogen) atoms. The van der Waals surface area contributed by atoms with Crippen molar-refractivity contribution >= 4 is 81.1 Å². The van der Waals surface area contributed by atoms with Gasteiger partial charge in [-0.25, -0.2) is 9.97 Å². The van der Waals surface area contributed by atoms with Gasteiger partial charge in [0, 0.05) is 19.6 Å². The standard InChI is InChI=1S/C37H41N15O10/c38-10-23-33(58)45-15-29(54)42-16-30(55)50-26(13-43-34(59)24-11-40-18-5-1-3-7-20(18)47-24)36(61)46-17-31(56)51-27(37(62)52-22(32(39)57)9-28(53)49-23)14-44-35(60)25-12-41-19-6-2-4-8-21(19)48-25/h1-8,11-12,22-23,26-27H,9-10,13-17,38H2,(H2,39,57)(H,42,54)(H,43,59)(H,44,60)(H,45,58)(H,46,61)(H,49,53)(H,50,55)(H,51,56)(H,52,62)/t22-,23?,26?,27?/m0/s1. The zero-order valence-corrected chi connectivity index (χ0v) is 32.6. The highest BCUT2D eigenvalue weighted by molar-refractivity contribution is 5.99. The lowest BCUT2D eigenvalue weighted by atomic mass is 10.1. The van der Waals surface area contributed by atoms with Crippen molar-refractivity contribution in [3.8, 4) is 0 Å². The molecule has 0 spiro atoms. The molecular formula is C37H41N15O10. The highest BCUT2D eigenvalue weighted by atomic mass is 16.2. The average Bonchev–Trinajstić information content (AvgIpc) is 3.27. The molecule has 0 bridgehead atoms. The predicted molar refractivity (Wildman–Crippen MR) is 213 cm³/mol. The summed E-state index contributed by atoms with van der Waals surface area (Å²) in [6.45, 7) is -3.93. The Balaban J connectivity index is 1.35. The molecule has 3 unspecified atom stereocenters. The number of fused-ring (bicyclic) bond motifs is 2. The molecule has 1 aliphatic heterocycles. The maximum absolute atomic E-state index is 13.6. The van der Waals surface area contributed by atoms with Crippen molar-refractivity contribution in [1.82, 2.24) is 67.8 Å². The molecule has 4 atom stereocenters. The van der Waals surface area contributed by atoms with Crippen molar-refractivity contribution in [2.24, 2.45) is 11.5 Å². The van der Waals surface area contributed by atoms with E-state index in [0.29, 0.717) is 22.1 Å². The first-order valence-corrected chi connectivity index (χ1v) is 18.7. The summed E-state index contributed by atoms with van der Waals surface area (Å²) in [7, 11) is 0. The maximum Gasteiger partial charge on any atom is 0.271 e. The van der Waals surface area contributed by atoms with Crippen molar-refractivity contribution in [3.05, 3.63) is 72.3 Å². The van der Waals surface area contributed by atoms with Crippen molar-refractivity contribution in [3.63, 3.8) is 0 Å². The van der Waals surface area contributed by atoms with E-state index in [1.165, 1.54) is 12.4 Å². The third-order valence-electron chi connectivity index (χ3n) is 8.83. The summed E-state index contributed by atoms with van der Waals surface area (Å²) in [5.74, 6) is -9.69. The van der Waals surface area contributed by atoms with Gasteiger partial charge in [-0.1, -0.05) is 24.3 Å². The minimum atomic E-state index is -1.73. The first-order valence-electron chi connectivity index (χ1n) is 18.7. The van der Waals surface area contributed by atoms with Crippen LogP contribution in [0.25, 0.3) is 22.1 Å². The normalized spacial score (nSPS) is 20.0. The number of nitrogens with zero attached hydrogens (tertiary/aromatic N) is 4. The molecule has 25 heteroatoms. The predicted octanol–water partition coefficient (Wildman–Crippen LogP) is -6.13. The van der Waals surface area contributed by atoms with E-state index in [0.717, 1.165) is 0 Å². The van der Waals surface area contributed by atoms with Crippen LogP contribution in [-0.2, 0) is 38.4 Å². The molecule has 3 heterocycles. The second-order valence-electron chi connectivity index (χ2n) is 13.4. The quantitative estimate of drug-likeness (QED) is 0.0786. The Hall–Kier alpha value is -8.22. The van der Waals surface area contributed by atoms with Gasteiger partial charge < -0.3 is 59.3 Å². The molecule has 1 aliphatic rings. The van der Waals surface area contributed by atoms with Gasteiger partial charge in [0.2, 0.25) is 47.3 Å². The molecule has 1 fully saturated rings.